The molecule has 0 aliphatic carbocycles. The molecule has 9 heteroatoms. The number of rotatable bonds is 10. The van der Waals surface area contributed by atoms with Crippen LogP contribution in [0.25, 0.3) is 6.08 Å². The number of benzene rings is 2. The molecule has 3 unspecified atom stereocenters. The summed E-state index contributed by atoms with van der Waals surface area (Å²) in [5, 5.41) is 9.14. The molecule has 2 N–H and O–H groups in total. The lowest BCUT2D eigenvalue weighted by molar-refractivity contribution is -0.444. The van der Waals surface area contributed by atoms with Crippen molar-refractivity contribution in [1.82, 2.24) is 0 Å². The van der Waals surface area contributed by atoms with Crippen molar-refractivity contribution in [2.75, 3.05) is 23.7 Å². The molecule has 4 aliphatic rings. The summed E-state index contributed by atoms with van der Waals surface area (Å²) in [6.07, 6.45) is 8.18. The third kappa shape index (κ3) is 5.82. The van der Waals surface area contributed by atoms with Gasteiger partial charge in [0.15, 0.2) is 12.3 Å². The number of ether oxygens (including phenoxy) is 1. The van der Waals surface area contributed by atoms with Gasteiger partial charge in [0, 0.05) is 59.8 Å². The number of carboxylic acid groups (broad SMARTS) is 1. The van der Waals surface area contributed by atoms with Gasteiger partial charge in [-0.1, -0.05) is 31.4 Å². The minimum atomic E-state index is -4.17. The molecule has 0 amide bonds. The van der Waals surface area contributed by atoms with E-state index in [1.165, 1.54) is 28.1 Å². The second-order valence-electron chi connectivity index (χ2n) is 14.4. The highest BCUT2D eigenvalue weighted by Crippen LogP contribution is 2.52. The molecule has 45 heavy (non-hydrogen) atoms. The van der Waals surface area contributed by atoms with Crippen LogP contribution in [0.1, 0.15) is 107 Å². The summed E-state index contributed by atoms with van der Waals surface area (Å²) in [7, 11) is -4.17. The highest BCUT2D eigenvalue weighted by atomic mass is 32.2. The monoisotopic (exact) mass is 635 g/mol. The fourth-order valence-corrected chi connectivity index (χ4v) is 9.31. The average molecular weight is 636 g/mol. The predicted molar refractivity (Wildman–Crippen MR) is 178 cm³/mol. The quantitative estimate of drug-likeness (QED) is 0.164. The van der Waals surface area contributed by atoms with Crippen molar-refractivity contribution in [2.24, 2.45) is 0 Å². The zero-order valence-electron chi connectivity index (χ0n) is 27.2. The van der Waals surface area contributed by atoms with Crippen LogP contribution >= 0.6 is 0 Å². The number of aryl methyl sites for hydroxylation is 1. The summed E-state index contributed by atoms with van der Waals surface area (Å²) in [6, 6.07) is 10.9. The second kappa shape index (κ2) is 11.6. The number of nitrogens with zero attached hydrogens (tertiary/aromatic N) is 2. The zero-order valence-corrected chi connectivity index (χ0v) is 28.0. The van der Waals surface area contributed by atoms with Gasteiger partial charge in [-0.05, 0) is 77.2 Å². The van der Waals surface area contributed by atoms with Gasteiger partial charge in [0.2, 0.25) is 5.69 Å². The van der Waals surface area contributed by atoms with E-state index < -0.39 is 16.1 Å². The number of unbranched alkanes of at least 4 members (excludes halogenated alkanes) is 2. The van der Waals surface area contributed by atoms with Crippen molar-refractivity contribution in [1.29, 1.82) is 0 Å². The SMILES string of the molecule is CCCN1c2cc3c(cc2C(CS(=O)(=O)O)CC1(C)C)C=C1C2=[N+](CCC1O3)c1ccc(C)cc1C2(C)CCCCCC(=O)O. The average Bonchev–Trinajstić information content (AvgIpc) is 3.19. The smallest absolute Gasteiger partial charge is 0.303 e. The van der Waals surface area contributed by atoms with Crippen LogP contribution in [0.5, 0.6) is 5.75 Å². The molecule has 0 radical (unpaired) electrons. The van der Waals surface area contributed by atoms with Gasteiger partial charge in [-0.25, -0.2) is 0 Å². The maximum atomic E-state index is 12.2. The van der Waals surface area contributed by atoms with Crippen LogP contribution in [0.3, 0.4) is 0 Å². The Morgan fingerprint density at radius 2 is 1.91 bits per heavy atom. The van der Waals surface area contributed by atoms with Crippen LogP contribution in [-0.4, -0.2) is 64.8 Å². The molecule has 6 rings (SSSR count). The minimum absolute atomic E-state index is 0.0895. The van der Waals surface area contributed by atoms with Gasteiger partial charge in [-0.2, -0.15) is 13.0 Å². The maximum absolute atomic E-state index is 12.2. The Balaban J connectivity index is 1.44. The standard InChI is InChI=1S/C36H46N2O6S/c1-6-15-38-30-20-32-24(18-26(30)25(21-35(38,3)4)22-45(41,42)43)19-27-31(44-32)13-16-37-29-12-11-23(2)17-28(29)36(5,34(27)37)14-9-7-8-10-33(39)40/h11-12,17-20,25,31H,6-10,13-16,21-22H2,1-5H3,(H-,39,40,41,42,43)/p+1. The van der Waals surface area contributed by atoms with Crippen LogP contribution in [0.15, 0.2) is 35.9 Å². The van der Waals surface area contributed by atoms with Crippen LogP contribution < -0.4 is 9.64 Å². The van der Waals surface area contributed by atoms with Crippen molar-refractivity contribution < 1.29 is 32.2 Å². The summed E-state index contributed by atoms with van der Waals surface area (Å²) in [6.45, 7) is 12.6. The molecular weight excluding hydrogens is 588 g/mol. The molecule has 0 saturated heterocycles. The molecule has 242 valence electrons. The van der Waals surface area contributed by atoms with E-state index in [1.54, 1.807) is 0 Å². The Bertz CT molecular complexity index is 1710. The molecule has 4 aliphatic heterocycles. The van der Waals surface area contributed by atoms with E-state index in [0.717, 1.165) is 67.8 Å². The van der Waals surface area contributed by atoms with E-state index in [-0.39, 0.29) is 35.1 Å². The fraction of sp³-hybridized carbons (Fsp3) is 0.556. The first kappa shape index (κ1) is 31.8. The Morgan fingerprint density at radius 3 is 2.62 bits per heavy atom. The van der Waals surface area contributed by atoms with Gasteiger partial charge in [-0.15, -0.1) is 0 Å². The largest absolute Gasteiger partial charge is 0.485 e. The van der Waals surface area contributed by atoms with Gasteiger partial charge in [0.05, 0.1) is 16.7 Å². The van der Waals surface area contributed by atoms with Gasteiger partial charge in [0.1, 0.15) is 11.9 Å². The summed E-state index contributed by atoms with van der Waals surface area (Å²) >= 11 is 0. The third-order valence-corrected chi connectivity index (χ3v) is 11.3. The molecular formula is C36H47N2O6S+. The number of hydrogen-bond acceptors (Lipinski definition) is 5. The van der Waals surface area contributed by atoms with Crippen molar-refractivity contribution >= 4 is 39.2 Å². The Kier molecular flexibility index (Phi) is 8.17. The van der Waals surface area contributed by atoms with Crippen LogP contribution in [-0.2, 0) is 20.3 Å². The lowest BCUT2D eigenvalue weighted by Gasteiger charge is -2.48. The lowest BCUT2D eigenvalue weighted by atomic mass is 9.71. The molecule has 8 nitrogen and oxygen atoms in total. The van der Waals surface area contributed by atoms with E-state index in [1.807, 2.05) is 0 Å². The summed E-state index contributed by atoms with van der Waals surface area (Å²) < 4.78 is 43.5. The number of fused-ring (bicyclic) bond motifs is 6. The van der Waals surface area contributed by atoms with E-state index >= 15 is 0 Å². The maximum Gasteiger partial charge on any atom is 0.303 e. The number of carboxylic acids is 1. The molecule has 4 heterocycles. The first-order valence-corrected chi connectivity index (χ1v) is 18.1. The van der Waals surface area contributed by atoms with Gasteiger partial charge in [-0.3, -0.25) is 9.35 Å². The lowest BCUT2D eigenvalue weighted by Crippen LogP contribution is -2.50. The van der Waals surface area contributed by atoms with E-state index in [0.29, 0.717) is 12.8 Å². The van der Waals surface area contributed by atoms with E-state index in [2.05, 4.69) is 80.5 Å². The van der Waals surface area contributed by atoms with Gasteiger partial charge in [0.25, 0.3) is 10.1 Å². The van der Waals surface area contributed by atoms with Gasteiger partial charge < -0.3 is 14.7 Å². The molecule has 0 spiro atoms. The number of aliphatic carboxylic acids is 1. The highest BCUT2D eigenvalue weighted by molar-refractivity contribution is 7.85. The highest BCUT2D eigenvalue weighted by Gasteiger charge is 2.54. The van der Waals surface area contributed by atoms with Crippen LogP contribution in [0, 0.1) is 6.92 Å². The molecule has 2 aromatic rings. The van der Waals surface area contributed by atoms with Crippen LogP contribution in [0.2, 0.25) is 0 Å². The van der Waals surface area contributed by atoms with E-state index in [4.69, 9.17) is 9.84 Å². The topological polar surface area (TPSA) is 107 Å². The number of anilines is 1. The van der Waals surface area contributed by atoms with Gasteiger partial charge >= 0.3 is 5.97 Å². The van der Waals surface area contributed by atoms with E-state index in [9.17, 15) is 17.8 Å². The normalized spacial score (nSPS) is 24.6. The van der Waals surface area contributed by atoms with Crippen molar-refractivity contribution in [2.45, 2.75) is 109 Å². The number of hydrogen-bond donors (Lipinski definition) is 2. The van der Waals surface area contributed by atoms with Crippen LogP contribution in [0.4, 0.5) is 11.4 Å². The Morgan fingerprint density at radius 1 is 1.13 bits per heavy atom. The molecule has 0 fully saturated rings. The predicted octanol–water partition coefficient (Wildman–Crippen LogP) is 7.00. The molecule has 0 bridgehead atoms. The molecule has 0 aromatic heterocycles. The number of carbonyl (C=O) groups is 1. The Labute approximate surface area is 267 Å². The molecule has 2 aromatic carbocycles. The summed E-state index contributed by atoms with van der Waals surface area (Å²) in [4.78, 5) is 13.5. The Hall–Kier alpha value is -3.17. The van der Waals surface area contributed by atoms with Crippen molar-refractivity contribution in [3.05, 3.63) is 58.2 Å². The molecule has 3 atom stereocenters. The summed E-state index contributed by atoms with van der Waals surface area (Å²) in [5.41, 5.74) is 8.58. The molecule has 0 saturated carbocycles. The first-order valence-electron chi connectivity index (χ1n) is 16.5. The second-order valence-corrected chi connectivity index (χ2v) is 15.9. The summed E-state index contributed by atoms with van der Waals surface area (Å²) in [5.74, 6) is -0.557. The fourth-order valence-electron chi connectivity index (χ4n) is 8.50. The zero-order chi connectivity index (χ0) is 32.3. The van der Waals surface area contributed by atoms with Crippen molar-refractivity contribution in [3.63, 3.8) is 0 Å². The minimum Gasteiger partial charge on any atom is -0.485 e. The first-order chi connectivity index (χ1) is 21.2. The van der Waals surface area contributed by atoms with Crippen molar-refractivity contribution in [3.8, 4) is 5.75 Å². The third-order valence-electron chi connectivity index (χ3n) is 10.4.